The summed E-state index contributed by atoms with van der Waals surface area (Å²) in [6.45, 7) is 0.705. The Hall–Kier alpha value is -0.820. The second kappa shape index (κ2) is 6.30. The van der Waals surface area contributed by atoms with Crippen molar-refractivity contribution < 1.29 is 23.1 Å². The lowest BCUT2D eigenvalue weighted by Crippen LogP contribution is -2.57. The number of halogens is 3. The molecule has 0 aromatic carbocycles. The molecule has 4 atom stereocenters. The second-order valence-corrected chi connectivity index (χ2v) is 5.79. The highest BCUT2D eigenvalue weighted by Crippen LogP contribution is 2.37. The van der Waals surface area contributed by atoms with Crippen LogP contribution in [0.15, 0.2) is 0 Å². The zero-order valence-electron chi connectivity index (χ0n) is 11.2. The fraction of sp³-hybridized carbons (Fsp3) is 0.923. The van der Waals surface area contributed by atoms with Crippen molar-refractivity contribution in [3.05, 3.63) is 0 Å². The van der Waals surface area contributed by atoms with Crippen LogP contribution in [-0.2, 0) is 4.79 Å². The monoisotopic (exact) mass is 294 g/mol. The highest BCUT2D eigenvalue weighted by molar-refractivity contribution is 5.70. The van der Waals surface area contributed by atoms with Gasteiger partial charge in [0.15, 0.2) is 0 Å². The molecule has 0 aromatic heterocycles. The lowest BCUT2D eigenvalue weighted by molar-refractivity contribution is -0.184. The van der Waals surface area contributed by atoms with Crippen LogP contribution in [0.2, 0.25) is 0 Å². The third-order valence-electron chi connectivity index (χ3n) is 4.33. The zero-order valence-corrected chi connectivity index (χ0v) is 11.2. The van der Waals surface area contributed by atoms with Gasteiger partial charge in [-0.3, -0.25) is 10.1 Å². The maximum Gasteiger partial charge on any atom is 0.391 e. The molecule has 0 bridgehead atoms. The van der Waals surface area contributed by atoms with E-state index in [1.54, 1.807) is 0 Å². The molecule has 0 amide bonds. The Labute approximate surface area is 116 Å². The van der Waals surface area contributed by atoms with Gasteiger partial charge in [0.05, 0.1) is 18.0 Å². The molecule has 0 spiro atoms. The van der Waals surface area contributed by atoms with Gasteiger partial charge in [-0.25, -0.2) is 0 Å². The Morgan fingerprint density at radius 1 is 1.20 bits per heavy atom. The van der Waals surface area contributed by atoms with Crippen LogP contribution in [0, 0.1) is 11.8 Å². The second-order valence-electron chi connectivity index (χ2n) is 5.79. The lowest BCUT2D eigenvalue weighted by Gasteiger charge is -2.37. The normalized spacial score (nSPS) is 35.8. The van der Waals surface area contributed by atoms with Crippen molar-refractivity contribution in [2.45, 2.75) is 56.9 Å². The fourth-order valence-corrected chi connectivity index (χ4v) is 3.22. The van der Waals surface area contributed by atoms with E-state index in [9.17, 15) is 18.0 Å². The van der Waals surface area contributed by atoms with Crippen LogP contribution < -0.4 is 10.6 Å². The quantitative estimate of drug-likeness (QED) is 0.746. The molecule has 0 radical (unpaired) electrons. The minimum absolute atomic E-state index is 0.0496. The van der Waals surface area contributed by atoms with E-state index in [4.69, 9.17) is 5.11 Å². The molecule has 1 aliphatic heterocycles. The first-order chi connectivity index (χ1) is 9.38. The van der Waals surface area contributed by atoms with E-state index < -0.39 is 30.1 Å². The minimum atomic E-state index is -4.15. The van der Waals surface area contributed by atoms with E-state index in [0.717, 1.165) is 6.42 Å². The van der Waals surface area contributed by atoms with Gasteiger partial charge in [0.1, 0.15) is 0 Å². The van der Waals surface area contributed by atoms with Gasteiger partial charge in [0.2, 0.25) is 0 Å². The molecule has 4 unspecified atom stereocenters. The van der Waals surface area contributed by atoms with Crippen molar-refractivity contribution in [1.82, 2.24) is 10.6 Å². The molecule has 3 N–H and O–H groups in total. The maximum absolute atomic E-state index is 12.8. The van der Waals surface area contributed by atoms with Gasteiger partial charge in [-0.1, -0.05) is 6.42 Å². The standard InChI is InChI=1S/C13H21F3N2O2/c14-13(15,16)8-3-1-4-9(7-8)18-11-10(12(19)20)5-2-6-17-11/h8-11,17-18H,1-7H2,(H,19,20). The van der Waals surface area contributed by atoms with Gasteiger partial charge in [-0.2, -0.15) is 13.2 Å². The number of carboxylic acids is 1. The highest BCUT2D eigenvalue weighted by Gasteiger charge is 2.43. The van der Waals surface area contributed by atoms with Crippen LogP contribution >= 0.6 is 0 Å². The molecule has 4 nitrogen and oxygen atoms in total. The Balaban J connectivity index is 1.93. The summed E-state index contributed by atoms with van der Waals surface area (Å²) in [4.78, 5) is 11.2. The molecule has 2 aliphatic rings. The number of piperidine rings is 1. The van der Waals surface area contributed by atoms with Gasteiger partial charge in [0, 0.05) is 6.04 Å². The highest BCUT2D eigenvalue weighted by atomic mass is 19.4. The Morgan fingerprint density at radius 3 is 2.60 bits per heavy atom. The zero-order chi connectivity index (χ0) is 14.8. The maximum atomic E-state index is 12.8. The third-order valence-corrected chi connectivity index (χ3v) is 4.33. The summed E-state index contributed by atoms with van der Waals surface area (Å²) in [7, 11) is 0. The predicted octanol–water partition coefficient (Wildman–Crippen LogP) is 2.11. The van der Waals surface area contributed by atoms with Crippen LogP contribution in [0.1, 0.15) is 38.5 Å². The van der Waals surface area contributed by atoms with Crippen LogP contribution in [0.4, 0.5) is 13.2 Å². The number of carboxylic acid groups (broad SMARTS) is 1. The predicted molar refractivity (Wildman–Crippen MR) is 67.1 cm³/mol. The number of carbonyl (C=O) groups is 1. The van der Waals surface area contributed by atoms with E-state index >= 15 is 0 Å². The smallest absolute Gasteiger partial charge is 0.391 e. The molecular weight excluding hydrogens is 273 g/mol. The molecule has 7 heteroatoms. The number of hydrogen-bond donors (Lipinski definition) is 3. The van der Waals surface area contributed by atoms with Crippen molar-refractivity contribution in [2.24, 2.45) is 11.8 Å². The number of alkyl halides is 3. The first-order valence-corrected chi connectivity index (χ1v) is 7.17. The fourth-order valence-electron chi connectivity index (χ4n) is 3.22. The topological polar surface area (TPSA) is 61.4 Å². The van der Waals surface area contributed by atoms with E-state index in [0.29, 0.717) is 25.8 Å². The molecule has 1 aliphatic carbocycles. The summed E-state index contributed by atoms with van der Waals surface area (Å²) in [5.74, 6) is -2.71. The molecule has 1 heterocycles. The van der Waals surface area contributed by atoms with Crippen molar-refractivity contribution in [2.75, 3.05) is 6.54 Å². The minimum Gasteiger partial charge on any atom is -0.481 e. The SMILES string of the molecule is O=C(O)C1CCCNC1NC1CCCC(C(F)(F)F)C1. The van der Waals surface area contributed by atoms with Crippen LogP contribution in [0.3, 0.4) is 0 Å². The molecule has 0 aromatic rings. The molecular formula is C13H21F3N2O2. The lowest BCUT2D eigenvalue weighted by atomic mass is 9.84. The molecule has 1 saturated heterocycles. The van der Waals surface area contributed by atoms with Gasteiger partial charge in [-0.05, 0) is 38.6 Å². The van der Waals surface area contributed by atoms with Crippen LogP contribution in [0.5, 0.6) is 0 Å². The number of rotatable bonds is 3. The van der Waals surface area contributed by atoms with Crippen molar-refractivity contribution in [3.63, 3.8) is 0 Å². The number of nitrogens with one attached hydrogen (secondary N) is 2. The van der Waals surface area contributed by atoms with Gasteiger partial charge in [0.25, 0.3) is 0 Å². The summed E-state index contributed by atoms with van der Waals surface area (Å²) < 4.78 is 38.3. The van der Waals surface area contributed by atoms with E-state index in [2.05, 4.69) is 10.6 Å². The molecule has 2 rings (SSSR count). The van der Waals surface area contributed by atoms with E-state index in [1.165, 1.54) is 0 Å². The third kappa shape index (κ3) is 3.85. The largest absolute Gasteiger partial charge is 0.481 e. The van der Waals surface area contributed by atoms with Gasteiger partial charge in [-0.15, -0.1) is 0 Å². The Kier molecular flexibility index (Phi) is 4.90. The van der Waals surface area contributed by atoms with E-state index in [-0.39, 0.29) is 18.9 Å². The average molecular weight is 294 g/mol. The van der Waals surface area contributed by atoms with Crippen molar-refractivity contribution in [3.8, 4) is 0 Å². The summed E-state index contributed by atoms with van der Waals surface area (Å²) in [5, 5.41) is 15.3. The van der Waals surface area contributed by atoms with Crippen molar-refractivity contribution >= 4 is 5.97 Å². The summed E-state index contributed by atoms with van der Waals surface area (Å²) in [5.41, 5.74) is 0. The summed E-state index contributed by atoms with van der Waals surface area (Å²) in [6.07, 6.45) is -1.77. The molecule has 2 fully saturated rings. The van der Waals surface area contributed by atoms with Crippen LogP contribution in [0.25, 0.3) is 0 Å². The van der Waals surface area contributed by atoms with Crippen LogP contribution in [-0.4, -0.2) is 36.0 Å². The Bertz CT molecular complexity index is 349. The number of aliphatic carboxylic acids is 1. The summed E-state index contributed by atoms with van der Waals surface area (Å²) in [6, 6.07) is -0.257. The van der Waals surface area contributed by atoms with Crippen molar-refractivity contribution in [1.29, 1.82) is 0 Å². The average Bonchev–Trinajstić information content (AvgIpc) is 2.38. The van der Waals surface area contributed by atoms with Gasteiger partial charge < -0.3 is 10.4 Å². The molecule has 1 saturated carbocycles. The first-order valence-electron chi connectivity index (χ1n) is 7.17. The van der Waals surface area contributed by atoms with E-state index in [1.807, 2.05) is 0 Å². The van der Waals surface area contributed by atoms with Gasteiger partial charge >= 0.3 is 12.1 Å². The number of hydrogen-bond acceptors (Lipinski definition) is 3. The molecule has 20 heavy (non-hydrogen) atoms. The Morgan fingerprint density at radius 2 is 1.95 bits per heavy atom. The summed E-state index contributed by atoms with van der Waals surface area (Å²) >= 11 is 0. The molecule has 116 valence electrons. The first kappa shape index (κ1) is 15.6.